The van der Waals surface area contributed by atoms with E-state index in [1.54, 1.807) is 0 Å². The highest BCUT2D eigenvalue weighted by atomic mass is 19.1. The molecule has 0 saturated carbocycles. The standard InChI is InChI=1S/C13H9FN2O4/c14-8-2-1-3-9(11(8)12(15)17)20-10-6-16-5-4-7(10)13(18)19/h1-6H,(H2,15,17)(H,18,19). The third-order valence-electron chi connectivity index (χ3n) is 2.46. The van der Waals surface area contributed by atoms with Gasteiger partial charge in [0.05, 0.1) is 6.20 Å². The van der Waals surface area contributed by atoms with Gasteiger partial charge in [0.25, 0.3) is 5.91 Å². The second kappa shape index (κ2) is 5.35. The number of halogens is 1. The van der Waals surface area contributed by atoms with Crippen LogP contribution in [0.15, 0.2) is 36.7 Å². The Morgan fingerprint density at radius 2 is 2.00 bits per heavy atom. The highest BCUT2D eigenvalue weighted by Crippen LogP contribution is 2.28. The first kappa shape index (κ1) is 13.5. The molecule has 1 aromatic carbocycles. The maximum Gasteiger partial charge on any atom is 0.339 e. The van der Waals surface area contributed by atoms with Crippen molar-refractivity contribution >= 4 is 11.9 Å². The van der Waals surface area contributed by atoms with E-state index in [0.29, 0.717) is 0 Å². The third-order valence-corrected chi connectivity index (χ3v) is 2.46. The summed E-state index contributed by atoms with van der Waals surface area (Å²) in [4.78, 5) is 26.0. The Kier molecular flexibility index (Phi) is 3.60. The molecule has 0 bridgehead atoms. The molecular weight excluding hydrogens is 267 g/mol. The van der Waals surface area contributed by atoms with Crippen molar-refractivity contribution in [2.24, 2.45) is 5.73 Å². The molecule has 0 spiro atoms. The van der Waals surface area contributed by atoms with Gasteiger partial charge in [-0.15, -0.1) is 0 Å². The van der Waals surface area contributed by atoms with Crippen molar-refractivity contribution in [3.63, 3.8) is 0 Å². The molecule has 0 radical (unpaired) electrons. The van der Waals surface area contributed by atoms with Crippen LogP contribution in [0.1, 0.15) is 20.7 Å². The smallest absolute Gasteiger partial charge is 0.339 e. The Morgan fingerprint density at radius 1 is 1.25 bits per heavy atom. The number of primary amides is 1. The Morgan fingerprint density at radius 3 is 2.65 bits per heavy atom. The van der Waals surface area contributed by atoms with Gasteiger partial charge in [-0.3, -0.25) is 9.78 Å². The molecule has 0 saturated heterocycles. The lowest BCUT2D eigenvalue weighted by molar-refractivity contribution is 0.0694. The van der Waals surface area contributed by atoms with Crippen LogP contribution in [0.4, 0.5) is 4.39 Å². The molecule has 0 atom stereocenters. The van der Waals surface area contributed by atoms with Gasteiger partial charge in [-0.05, 0) is 18.2 Å². The Balaban J connectivity index is 2.49. The zero-order valence-corrected chi connectivity index (χ0v) is 10.0. The van der Waals surface area contributed by atoms with Gasteiger partial charge in [-0.25, -0.2) is 9.18 Å². The number of hydrogen-bond acceptors (Lipinski definition) is 4. The van der Waals surface area contributed by atoms with Gasteiger partial charge in [0.2, 0.25) is 0 Å². The lowest BCUT2D eigenvalue weighted by Crippen LogP contribution is -2.14. The van der Waals surface area contributed by atoms with E-state index < -0.39 is 23.3 Å². The molecule has 102 valence electrons. The Hall–Kier alpha value is -2.96. The van der Waals surface area contributed by atoms with Gasteiger partial charge < -0.3 is 15.6 Å². The Bertz CT molecular complexity index is 688. The molecule has 20 heavy (non-hydrogen) atoms. The second-order valence-electron chi connectivity index (χ2n) is 3.76. The summed E-state index contributed by atoms with van der Waals surface area (Å²) in [7, 11) is 0. The summed E-state index contributed by atoms with van der Waals surface area (Å²) in [6.45, 7) is 0. The number of carboxylic acid groups (broad SMARTS) is 1. The molecule has 1 aromatic heterocycles. The van der Waals surface area contributed by atoms with Crippen molar-refractivity contribution in [3.8, 4) is 11.5 Å². The molecule has 2 aromatic rings. The van der Waals surface area contributed by atoms with E-state index in [1.165, 1.54) is 24.4 Å². The molecule has 7 heteroatoms. The predicted molar refractivity (Wildman–Crippen MR) is 66.2 cm³/mol. The first-order chi connectivity index (χ1) is 9.50. The average Bonchev–Trinajstić information content (AvgIpc) is 2.38. The van der Waals surface area contributed by atoms with E-state index in [9.17, 15) is 14.0 Å². The topological polar surface area (TPSA) is 103 Å². The summed E-state index contributed by atoms with van der Waals surface area (Å²) in [5, 5.41) is 9.00. The summed E-state index contributed by atoms with van der Waals surface area (Å²) in [6, 6.07) is 4.89. The van der Waals surface area contributed by atoms with Crippen molar-refractivity contribution in [1.29, 1.82) is 0 Å². The van der Waals surface area contributed by atoms with Crippen molar-refractivity contribution in [2.45, 2.75) is 0 Å². The summed E-state index contributed by atoms with van der Waals surface area (Å²) < 4.78 is 18.8. The van der Waals surface area contributed by atoms with Gasteiger partial charge in [0, 0.05) is 6.20 Å². The molecule has 6 nitrogen and oxygen atoms in total. The number of benzene rings is 1. The maximum atomic E-state index is 13.5. The number of carbonyl (C=O) groups excluding carboxylic acids is 1. The van der Waals surface area contributed by atoms with Crippen molar-refractivity contribution < 1.29 is 23.8 Å². The summed E-state index contributed by atoms with van der Waals surface area (Å²) in [5.74, 6) is -3.39. The SMILES string of the molecule is NC(=O)c1c(F)cccc1Oc1cnccc1C(=O)O. The minimum Gasteiger partial charge on any atom is -0.478 e. The molecular formula is C13H9FN2O4. The molecule has 0 aliphatic heterocycles. The van der Waals surface area contributed by atoms with Crippen molar-refractivity contribution in [3.05, 3.63) is 53.6 Å². The number of amides is 1. The number of rotatable bonds is 4. The van der Waals surface area contributed by atoms with Crippen LogP contribution in [0.3, 0.4) is 0 Å². The first-order valence-corrected chi connectivity index (χ1v) is 5.44. The summed E-state index contributed by atoms with van der Waals surface area (Å²) >= 11 is 0. The van der Waals surface area contributed by atoms with Crippen LogP contribution in [0.2, 0.25) is 0 Å². The van der Waals surface area contributed by atoms with Gasteiger partial charge in [0.1, 0.15) is 22.7 Å². The minimum absolute atomic E-state index is 0.117. The monoisotopic (exact) mass is 276 g/mol. The van der Waals surface area contributed by atoms with E-state index in [4.69, 9.17) is 15.6 Å². The lowest BCUT2D eigenvalue weighted by Gasteiger charge is -2.11. The number of ether oxygens (including phenoxy) is 1. The van der Waals surface area contributed by atoms with Gasteiger partial charge in [-0.1, -0.05) is 6.07 Å². The van der Waals surface area contributed by atoms with Crippen LogP contribution in [0.25, 0.3) is 0 Å². The molecule has 0 aliphatic rings. The normalized spacial score (nSPS) is 10.1. The lowest BCUT2D eigenvalue weighted by atomic mass is 10.1. The van der Waals surface area contributed by atoms with Crippen molar-refractivity contribution in [1.82, 2.24) is 4.98 Å². The molecule has 1 amide bonds. The van der Waals surface area contributed by atoms with E-state index in [-0.39, 0.29) is 17.1 Å². The van der Waals surface area contributed by atoms with Crippen LogP contribution in [0.5, 0.6) is 11.5 Å². The van der Waals surface area contributed by atoms with Crippen LogP contribution in [0, 0.1) is 5.82 Å². The van der Waals surface area contributed by atoms with Crippen LogP contribution < -0.4 is 10.5 Å². The summed E-state index contributed by atoms with van der Waals surface area (Å²) in [5.41, 5.74) is 4.46. The first-order valence-electron chi connectivity index (χ1n) is 5.44. The number of nitrogens with zero attached hydrogens (tertiary/aromatic N) is 1. The zero-order valence-electron chi connectivity index (χ0n) is 10.0. The van der Waals surface area contributed by atoms with E-state index >= 15 is 0 Å². The summed E-state index contributed by atoms with van der Waals surface area (Å²) in [6.07, 6.45) is 2.43. The fourth-order valence-corrected chi connectivity index (χ4v) is 1.58. The quantitative estimate of drug-likeness (QED) is 0.886. The number of aromatic nitrogens is 1. The highest BCUT2D eigenvalue weighted by molar-refractivity contribution is 5.96. The molecule has 0 fully saturated rings. The fourth-order valence-electron chi connectivity index (χ4n) is 1.58. The number of pyridine rings is 1. The average molecular weight is 276 g/mol. The molecule has 0 unspecified atom stereocenters. The van der Waals surface area contributed by atoms with E-state index in [1.807, 2.05) is 0 Å². The molecule has 0 aliphatic carbocycles. The number of carboxylic acids is 1. The minimum atomic E-state index is -1.24. The van der Waals surface area contributed by atoms with Gasteiger partial charge in [-0.2, -0.15) is 0 Å². The van der Waals surface area contributed by atoms with Crippen LogP contribution >= 0.6 is 0 Å². The van der Waals surface area contributed by atoms with E-state index in [2.05, 4.69) is 4.98 Å². The maximum absolute atomic E-state index is 13.5. The number of carbonyl (C=O) groups is 2. The molecule has 2 rings (SSSR count). The fraction of sp³-hybridized carbons (Fsp3) is 0. The largest absolute Gasteiger partial charge is 0.478 e. The third kappa shape index (κ3) is 2.56. The second-order valence-corrected chi connectivity index (χ2v) is 3.76. The zero-order chi connectivity index (χ0) is 14.7. The number of aromatic carboxylic acids is 1. The number of nitrogens with two attached hydrogens (primary N) is 1. The molecule has 1 heterocycles. The van der Waals surface area contributed by atoms with Gasteiger partial charge in [0.15, 0.2) is 5.75 Å². The number of hydrogen-bond donors (Lipinski definition) is 2. The van der Waals surface area contributed by atoms with Crippen molar-refractivity contribution in [2.75, 3.05) is 0 Å². The van der Waals surface area contributed by atoms with Crippen LogP contribution in [-0.4, -0.2) is 22.0 Å². The molecule has 3 N–H and O–H groups in total. The predicted octanol–water partition coefficient (Wildman–Crippen LogP) is 1.81. The van der Waals surface area contributed by atoms with E-state index in [0.717, 1.165) is 12.3 Å². The Labute approximate surface area is 112 Å². The highest BCUT2D eigenvalue weighted by Gasteiger charge is 2.18. The van der Waals surface area contributed by atoms with Crippen LogP contribution in [-0.2, 0) is 0 Å². The van der Waals surface area contributed by atoms with Gasteiger partial charge >= 0.3 is 5.97 Å².